The Morgan fingerprint density at radius 2 is 1.83 bits per heavy atom. The molecule has 0 aromatic heterocycles. The second kappa shape index (κ2) is 7.29. The van der Waals surface area contributed by atoms with Crippen LogP contribution < -0.4 is 10.1 Å². The van der Waals surface area contributed by atoms with E-state index in [9.17, 15) is 4.79 Å². The number of rotatable bonds is 5. The van der Waals surface area contributed by atoms with E-state index >= 15 is 0 Å². The summed E-state index contributed by atoms with van der Waals surface area (Å²) in [6.07, 6.45) is 0.735. The second-order valence-electron chi connectivity index (χ2n) is 5.80. The quantitative estimate of drug-likeness (QED) is 0.921. The number of hydrogen-bond acceptors (Lipinski definition) is 3. The maximum atomic E-state index is 12.7. The summed E-state index contributed by atoms with van der Waals surface area (Å²) in [5, 5.41) is 3.34. The first-order valence-electron chi connectivity index (χ1n) is 7.95. The van der Waals surface area contributed by atoms with Gasteiger partial charge in [-0.2, -0.15) is 0 Å². The van der Waals surface area contributed by atoms with Crippen LogP contribution in [0, 0.1) is 0 Å². The summed E-state index contributed by atoms with van der Waals surface area (Å²) in [7, 11) is 1.66. The lowest BCUT2D eigenvalue weighted by molar-refractivity contribution is -0.136. The predicted octanol–water partition coefficient (Wildman–Crippen LogP) is 2.24. The summed E-state index contributed by atoms with van der Waals surface area (Å²) in [6, 6.07) is 17.9. The van der Waals surface area contributed by atoms with Gasteiger partial charge in [0.2, 0.25) is 5.91 Å². The molecule has 0 aliphatic carbocycles. The highest BCUT2D eigenvalue weighted by Gasteiger charge is 2.28. The number of amides is 1. The Kier molecular flexibility index (Phi) is 4.93. The van der Waals surface area contributed by atoms with Gasteiger partial charge in [0, 0.05) is 19.6 Å². The highest BCUT2D eigenvalue weighted by molar-refractivity contribution is 5.83. The minimum absolute atomic E-state index is 0.135. The van der Waals surface area contributed by atoms with E-state index in [-0.39, 0.29) is 11.9 Å². The molecule has 120 valence electrons. The average Bonchev–Trinajstić information content (AvgIpc) is 2.60. The fourth-order valence-corrected chi connectivity index (χ4v) is 2.91. The van der Waals surface area contributed by atoms with Gasteiger partial charge in [0.05, 0.1) is 13.2 Å². The summed E-state index contributed by atoms with van der Waals surface area (Å²) in [5.74, 6) is 1.01. The molecule has 4 heteroatoms. The van der Waals surface area contributed by atoms with Crippen LogP contribution in [0.4, 0.5) is 0 Å². The Morgan fingerprint density at radius 3 is 2.52 bits per heavy atom. The molecular formula is C19H22N2O2. The highest BCUT2D eigenvalue weighted by atomic mass is 16.5. The smallest absolute Gasteiger partial charge is 0.240 e. The Balaban J connectivity index is 1.64. The zero-order valence-electron chi connectivity index (χ0n) is 13.4. The molecule has 1 amide bonds. The van der Waals surface area contributed by atoms with Crippen LogP contribution in [-0.4, -0.2) is 37.0 Å². The molecule has 0 bridgehead atoms. The first kappa shape index (κ1) is 15.6. The fourth-order valence-electron chi connectivity index (χ4n) is 2.91. The van der Waals surface area contributed by atoms with Crippen molar-refractivity contribution in [3.8, 4) is 5.75 Å². The third kappa shape index (κ3) is 3.90. The van der Waals surface area contributed by atoms with Gasteiger partial charge >= 0.3 is 0 Å². The largest absolute Gasteiger partial charge is 0.497 e. The van der Waals surface area contributed by atoms with Crippen molar-refractivity contribution >= 4 is 5.91 Å². The third-order valence-electron chi connectivity index (χ3n) is 4.20. The van der Waals surface area contributed by atoms with Crippen molar-refractivity contribution in [3.05, 3.63) is 65.7 Å². The van der Waals surface area contributed by atoms with Crippen LogP contribution in [0.2, 0.25) is 0 Å². The zero-order chi connectivity index (χ0) is 16.1. The fraction of sp³-hybridized carbons (Fsp3) is 0.316. The lowest BCUT2D eigenvalue weighted by Gasteiger charge is -2.33. The van der Waals surface area contributed by atoms with Gasteiger partial charge < -0.3 is 15.0 Å². The zero-order valence-corrected chi connectivity index (χ0v) is 13.4. The molecule has 1 aliphatic rings. The molecule has 1 N–H and O–H groups in total. The predicted molar refractivity (Wildman–Crippen MR) is 90.3 cm³/mol. The molecule has 23 heavy (non-hydrogen) atoms. The lowest BCUT2D eigenvalue weighted by Crippen LogP contribution is -2.55. The number of nitrogens with one attached hydrogen (secondary N) is 1. The first-order valence-corrected chi connectivity index (χ1v) is 7.95. The molecule has 1 aliphatic heterocycles. The van der Waals surface area contributed by atoms with E-state index in [1.807, 2.05) is 47.4 Å². The van der Waals surface area contributed by atoms with Gasteiger partial charge in [0.25, 0.3) is 0 Å². The summed E-state index contributed by atoms with van der Waals surface area (Å²) < 4.78 is 5.17. The highest BCUT2D eigenvalue weighted by Crippen LogP contribution is 2.15. The molecule has 0 spiro atoms. The molecule has 1 heterocycles. The van der Waals surface area contributed by atoms with E-state index in [1.54, 1.807) is 7.11 Å². The van der Waals surface area contributed by atoms with Crippen molar-refractivity contribution in [1.29, 1.82) is 0 Å². The Labute approximate surface area is 137 Å². The van der Waals surface area contributed by atoms with Gasteiger partial charge in [0.15, 0.2) is 0 Å². The van der Waals surface area contributed by atoms with Gasteiger partial charge in [-0.25, -0.2) is 0 Å². The molecule has 2 aromatic rings. The number of benzene rings is 2. The monoisotopic (exact) mass is 310 g/mol. The van der Waals surface area contributed by atoms with Crippen molar-refractivity contribution in [1.82, 2.24) is 10.2 Å². The van der Waals surface area contributed by atoms with Crippen LogP contribution in [0.3, 0.4) is 0 Å². The van der Waals surface area contributed by atoms with Crippen molar-refractivity contribution in [3.63, 3.8) is 0 Å². The van der Waals surface area contributed by atoms with Crippen LogP contribution in [-0.2, 0) is 17.8 Å². The molecule has 3 rings (SSSR count). The maximum absolute atomic E-state index is 12.7. The van der Waals surface area contributed by atoms with Crippen LogP contribution in [0.15, 0.2) is 54.6 Å². The first-order chi connectivity index (χ1) is 11.3. The Bertz CT molecular complexity index is 640. The molecule has 4 nitrogen and oxygen atoms in total. The topological polar surface area (TPSA) is 41.6 Å². The van der Waals surface area contributed by atoms with E-state index in [2.05, 4.69) is 17.4 Å². The van der Waals surface area contributed by atoms with Crippen molar-refractivity contribution < 1.29 is 9.53 Å². The number of hydrogen-bond donors (Lipinski definition) is 1. The van der Waals surface area contributed by atoms with E-state index in [1.165, 1.54) is 5.56 Å². The number of methoxy groups -OCH3 is 1. The van der Waals surface area contributed by atoms with Crippen LogP contribution in [0.1, 0.15) is 11.1 Å². The Morgan fingerprint density at radius 1 is 1.09 bits per heavy atom. The molecular weight excluding hydrogens is 288 g/mol. The average molecular weight is 310 g/mol. The normalized spacial score (nSPS) is 18.0. The van der Waals surface area contributed by atoms with E-state index in [0.717, 1.165) is 30.8 Å². The van der Waals surface area contributed by atoms with E-state index in [0.29, 0.717) is 6.54 Å². The molecule has 2 aromatic carbocycles. The third-order valence-corrected chi connectivity index (χ3v) is 4.20. The van der Waals surface area contributed by atoms with E-state index < -0.39 is 0 Å². The number of nitrogens with zero attached hydrogens (tertiary/aromatic N) is 1. The van der Waals surface area contributed by atoms with Gasteiger partial charge in [0.1, 0.15) is 5.75 Å². The number of ether oxygens (including phenoxy) is 1. The van der Waals surface area contributed by atoms with Gasteiger partial charge in [-0.15, -0.1) is 0 Å². The van der Waals surface area contributed by atoms with Crippen molar-refractivity contribution in [2.24, 2.45) is 0 Å². The van der Waals surface area contributed by atoms with Gasteiger partial charge in [-0.1, -0.05) is 42.5 Å². The van der Waals surface area contributed by atoms with Crippen LogP contribution in [0.5, 0.6) is 5.75 Å². The summed E-state index contributed by atoms with van der Waals surface area (Å²) in [5.41, 5.74) is 2.31. The second-order valence-corrected chi connectivity index (χ2v) is 5.80. The van der Waals surface area contributed by atoms with Gasteiger partial charge in [-0.05, 0) is 29.7 Å². The maximum Gasteiger partial charge on any atom is 0.240 e. The van der Waals surface area contributed by atoms with Crippen molar-refractivity contribution in [2.75, 3.05) is 20.2 Å². The minimum Gasteiger partial charge on any atom is -0.497 e. The van der Waals surface area contributed by atoms with Gasteiger partial charge in [-0.3, -0.25) is 4.79 Å². The Hall–Kier alpha value is -2.33. The molecule has 0 unspecified atom stereocenters. The SMILES string of the molecule is COc1ccc(CN2CCN[C@@H](Cc3ccccc3)C2=O)cc1. The number of carbonyl (C=O) groups excluding carboxylic acids is 1. The minimum atomic E-state index is -0.135. The molecule has 0 radical (unpaired) electrons. The number of carbonyl (C=O) groups is 1. The molecule has 1 fully saturated rings. The van der Waals surface area contributed by atoms with E-state index in [4.69, 9.17) is 4.74 Å². The summed E-state index contributed by atoms with van der Waals surface area (Å²) >= 11 is 0. The van der Waals surface area contributed by atoms with Crippen molar-refractivity contribution in [2.45, 2.75) is 19.0 Å². The molecule has 1 saturated heterocycles. The standard InChI is InChI=1S/C19H22N2O2/c1-23-17-9-7-16(8-10-17)14-21-12-11-20-18(19(21)22)13-15-5-3-2-4-6-15/h2-10,18,20H,11-14H2,1H3/t18-/m0/s1. The van der Waals surface area contributed by atoms with Crippen LogP contribution in [0.25, 0.3) is 0 Å². The summed E-state index contributed by atoms with van der Waals surface area (Å²) in [6.45, 7) is 2.23. The molecule has 1 atom stereocenters. The lowest BCUT2D eigenvalue weighted by atomic mass is 10.0. The molecule has 0 saturated carbocycles. The van der Waals surface area contributed by atoms with Crippen LogP contribution >= 0.6 is 0 Å². The summed E-state index contributed by atoms with van der Waals surface area (Å²) in [4.78, 5) is 14.6. The number of piperazine rings is 1.